The molecule has 1 unspecified atom stereocenters. The van der Waals surface area contributed by atoms with Crippen molar-refractivity contribution in [2.75, 3.05) is 0 Å². The highest BCUT2D eigenvalue weighted by atomic mass is 35.5. The van der Waals surface area contributed by atoms with Crippen LogP contribution in [0.25, 0.3) is 16.9 Å². The van der Waals surface area contributed by atoms with Crippen LogP contribution in [0.4, 0.5) is 4.39 Å². The van der Waals surface area contributed by atoms with Gasteiger partial charge in [0.1, 0.15) is 10.2 Å². The number of para-hydroxylation sites is 1. The van der Waals surface area contributed by atoms with Crippen molar-refractivity contribution in [1.29, 1.82) is 0 Å². The number of carbonyl (C=O) groups excluding carboxylic acids is 1. The van der Waals surface area contributed by atoms with Gasteiger partial charge in [0.25, 0.3) is 0 Å². The van der Waals surface area contributed by atoms with Crippen molar-refractivity contribution in [2.24, 2.45) is 5.41 Å². The van der Waals surface area contributed by atoms with Crippen molar-refractivity contribution in [1.82, 2.24) is 15.1 Å². The molecule has 1 fully saturated rings. The zero-order valence-electron chi connectivity index (χ0n) is 15.1. The zero-order chi connectivity index (χ0) is 19.9. The van der Waals surface area contributed by atoms with Crippen LogP contribution in [0.1, 0.15) is 18.9 Å². The van der Waals surface area contributed by atoms with Crippen molar-refractivity contribution < 1.29 is 9.18 Å². The van der Waals surface area contributed by atoms with E-state index in [4.69, 9.17) is 23.2 Å². The number of nitrogens with zero attached hydrogens (tertiary/aromatic N) is 2. The maximum atomic E-state index is 13.3. The van der Waals surface area contributed by atoms with Gasteiger partial charge in [-0.15, -0.1) is 23.2 Å². The Bertz CT molecular complexity index is 1020. The van der Waals surface area contributed by atoms with Crippen LogP contribution in [0, 0.1) is 11.2 Å². The number of hydrogen-bond donors (Lipinski definition) is 1. The van der Waals surface area contributed by atoms with Crippen LogP contribution in [0.3, 0.4) is 0 Å². The van der Waals surface area contributed by atoms with E-state index in [2.05, 4.69) is 10.4 Å². The molecule has 1 saturated carbocycles. The first-order valence-corrected chi connectivity index (χ1v) is 9.62. The molecule has 0 spiro atoms. The van der Waals surface area contributed by atoms with E-state index in [9.17, 15) is 9.18 Å². The van der Waals surface area contributed by atoms with Gasteiger partial charge in [-0.05, 0) is 49.7 Å². The second kappa shape index (κ2) is 6.90. The lowest BCUT2D eigenvalue weighted by Crippen LogP contribution is -2.32. The Morgan fingerprint density at radius 1 is 1.18 bits per heavy atom. The van der Waals surface area contributed by atoms with Crippen molar-refractivity contribution in [3.63, 3.8) is 0 Å². The molecule has 1 heterocycles. The molecule has 28 heavy (non-hydrogen) atoms. The standard InChI is InChI=1S/C21H18Cl2FN3O/c1-20(13-21(20,22)23)19(28)25-11-15-12-27(17-5-3-2-4-6-17)26-18(15)14-7-9-16(24)10-8-14/h2-10,12H,11,13H2,1H3,(H,25,28). The molecule has 1 aromatic heterocycles. The van der Waals surface area contributed by atoms with Crippen LogP contribution < -0.4 is 5.32 Å². The van der Waals surface area contributed by atoms with Crippen LogP contribution >= 0.6 is 23.2 Å². The number of hydrogen-bond acceptors (Lipinski definition) is 2. The average Bonchev–Trinajstić information content (AvgIpc) is 3.03. The molecule has 1 amide bonds. The highest BCUT2D eigenvalue weighted by Crippen LogP contribution is 2.63. The Balaban J connectivity index is 1.64. The van der Waals surface area contributed by atoms with Gasteiger partial charge in [-0.25, -0.2) is 9.07 Å². The normalized spacial score (nSPS) is 20.0. The zero-order valence-corrected chi connectivity index (χ0v) is 16.6. The average molecular weight is 418 g/mol. The summed E-state index contributed by atoms with van der Waals surface area (Å²) >= 11 is 12.2. The number of benzene rings is 2. The molecule has 1 atom stereocenters. The van der Waals surface area contributed by atoms with Gasteiger partial charge >= 0.3 is 0 Å². The third-order valence-corrected chi connectivity index (χ3v) is 6.23. The summed E-state index contributed by atoms with van der Waals surface area (Å²) in [7, 11) is 0. The van der Waals surface area contributed by atoms with Gasteiger partial charge in [0.05, 0.1) is 16.8 Å². The van der Waals surface area contributed by atoms with Gasteiger partial charge < -0.3 is 5.32 Å². The van der Waals surface area contributed by atoms with Crippen molar-refractivity contribution in [3.8, 4) is 16.9 Å². The number of rotatable bonds is 5. The summed E-state index contributed by atoms with van der Waals surface area (Å²) in [4.78, 5) is 12.5. The first kappa shape index (κ1) is 19.0. The molecule has 144 valence electrons. The highest BCUT2D eigenvalue weighted by Gasteiger charge is 2.67. The van der Waals surface area contributed by atoms with E-state index in [-0.39, 0.29) is 18.3 Å². The Morgan fingerprint density at radius 2 is 1.82 bits per heavy atom. The molecule has 4 rings (SSSR count). The van der Waals surface area contributed by atoms with E-state index in [0.717, 1.165) is 16.8 Å². The Hall–Kier alpha value is -2.37. The molecule has 1 aliphatic rings. The van der Waals surface area contributed by atoms with Gasteiger partial charge in [0, 0.05) is 23.9 Å². The van der Waals surface area contributed by atoms with Gasteiger partial charge in [0.2, 0.25) is 5.91 Å². The molecule has 7 heteroatoms. The lowest BCUT2D eigenvalue weighted by Gasteiger charge is -2.12. The van der Waals surface area contributed by atoms with Crippen LogP contribution in [-0.4, -0.2) is 20.0 Å². The number of carbonyl (C=O) groups is 1. The second-order valence-electron chi connectivity index (χ2n) is 7.19. The minimum absolute atomic E-state index is 0.199. The SMILES string of the molecule is CC1(C(=O)NCc2cn(-c3ccccc3)nc2-c2ccc(F)cc2)CC1(Cl)Cl. The number of halogens is 3. The maximum absolute atomic E-state index is 13.3. The molecule has 1 N–H and O–H groups in total. The number of alkyl halides is 2. The highest BCUT2D eigenvalue weighted by molar-refractivity contribution is 6.53. The van der Waals surface area contributed by atoms with Crippen molar-refractivity contribution in [2.45, 2.75) is 24.2 Å². The second-order valence-corrected chi connectivity index (χ2v) is 8.67. The van der Waals surface area contributed by atoms with E-state index in [0.29, 0.717) is 12.1 Å². The predicted molar refractivity (Wildman–Crippen MR) is 108 cm³/mol. The number of amides is 1. The smallest absolute Gasteiger partial charge is 0.229 e. The fraction of sp³-hybridized carbons (Fsp3) is 0.238. The van der Waals surface area contributed by atoms with Gasteiger partial charge in [-0.1, -0.05) is 18.2 Å². The predicted octanol–water partition coefficient (Wildman–Crippen LogP) is 4.88. The Labute approximate surface area is 172 Å². The summed E-state index contributed by atoms with van der Waals surface area (Å²) in [6, 6.07) is 15.8. The van der Waals surface area contributed by atoms with Crippen molar-refractivity contribution in [3.05, 3.63) is 72.2 Å². The Morgan fingerprint density at radius 3 is 2.43 bits per heavy atom. The molecular weight excluding hydrogens is 400 g/mol. The van der Waals surface area contributed by atoms with Crippen LogP contribution in [0.2, 0.25) is 0 Å². The van der Waals surface area contributed by atoms with Gasteiger partial charge in [0.15, 0.2) is 0 Å². The fourth-order valence-electron chi connectivity index (χ4n) is 3.12. The molecule has 0 aliphatic heterocycles. The largest absolute Gasteiger partial charge is 0.351 e. The summed E-state index contributed by atoms with van der Waals surface area (Å²) in [5, 5.41) is 7.56. The topological polar surface area (TPSA) is 46.9 Å². The monoisotopic (exact) mass is 417 g/mol. The van der Waals surface area contributed by atoms with Gasteiger partial charge in [-0.2, -0.15) is 5.10 Å². The third kappa shape index (κ3) is 3.40. The maximum Gasteiger partial charge on any atom is 0.229 e. The molecule has 2 aromatic carbocycles. The van der Waals surface area contributed by atoms with Gasteiger partial charge in [-0.3, -0.25) is 4.79 Å². The van der Waals surface area contributed by atoms with Crippen molar-refractivity contribution >= 4 is 29.1 Å². The first-order chi connectivity index (χ1) is 13.3. The Kier molecular flexibility index (Phi) is 4.68. The summed E-state index contributed by atoms with van der Waals surface area (Å²) < 4.78 is 14.1. The molecule has 0 bridgehead atoms. The van der Waals surface area contributed by atoms with E-state index in [1.165, 1.54) is 12.1 Å². The summed E-state index contributed by atoms with van der Waals surface area (Å²) in [6.07, 6.45) is 2.28. The molecular formula is C21H18Cl2FN3O. The van der Waals surface area contributed by atoms with E-state index in [1.807, 2.05) is 36.5 Å². The minimum Gasteiger partial charge on any atom is -0.351 e. The lowest BCUT2D eigenvalue weighted by atomic mass is 10.1. The minimum atomic E-state index is -1.02. The molecule has 4 nitrogen and oxygen atoms in total. The molecule has 3 aromatic rings. The first-order valence-electron chi connectivity index (χ1n) is 8.86. The van der Waals surface area contributed by atoms with Crippen LogP contribution in [-0.2, 0) is 11.3 Å². The molecule has 0 radical (unpaired) electrons. The summed E-state index contributed by atoms with van der Waals surface area (Å²) in [6.45, 7) is 2.01. The summed E-state index contributed by atoms with van der Waals surface area (Å²) in [5.74, 6) is -0.515. The third-order valence-electron chi connectivity index (χ3n) is 5.13. The van der Waals surface area contributed by atoms with E-state index >= 15 is 0 Å². The fourth-order valence-corrected chi connectivity index (χ4v) is 3.83. The molecule has 0 saturated heterocycles. The van der Waals surface area contributed by atoms with Crippen LogP contribution in [0.5, 0.6) is 0 Å². The lowest BCUT2D eigenvalue weighted by molar-refractivity contribution is -0.125. The van der Waals surface area contributed by atoms with E-state index in [1.54, 1.807) is 23.7 Å². The quantitative estimate of drug-likeness (QED) is 0.601. The van der Waals surface area contributed by atoms with E-state index < -0.39 is 9.75 Å². The number of aromatic nitrogens is 2. The summed E-state index contributed by atoms with van der Waals surface area (Å²) in [5.41, 5.74) is 2.35. The molecule has 1 aliphatic carbocycles. The van der Waals surface area contributed by atoms with Crippen LogP contribution in [0.15, 0.2) is 60.8 Å². The number of nitrogens with one attached hydrogen (secondary N) is 1.